The van der Waals surface area contributed by atoms with Crippen LogP contribution in [0.1, 0.15) is 10.4 Å². The van der Waals surface area contributed by atoms with Crippen molar-refractivity contribution in [3.8, 4) is 0 Å². The van der Waals surface area contributed by atoms with Crippen molar-refractivity contribution >= 4 is 34.9 Å². The molecule has 2 rings (SSSR count). The van der Waals surface area contributed by atoms with Gasteiger partial charge in [0.1, 0.15) is 0 Å². The minimum atomic E-state index is -0.629. The number of benzene rings is 2. The molecule has 0 aliphatic carbocycles. The molecule has 0 heterocycles. The van der Waals surface area contributed by atoms with Crippen LogP contribution in [0.4, 0.5) is 5.69 Å². The average Bonchev–Trinajstić information content (AvgIpc) is 2.39. The SMILES string of the molecule is NOC(=O)c1ccccc1Cl.Nc1cccc(Cl)c1. The zero-order valence-electron chi connectivity index (χ0n) is 9.85. The van der Waals surface area contributed by atoms with E-state index in [1.165, 1.54) is 6.07 Å². The van der Waals surface area contributed by atoms with Crippen molar-refractivity contribution in [3.05, 3.63) is 64.1 Å². The van der Waals surface area contributed by atoms with Crippen LogP contribution in [0.2, 0.25) is 10.0 Å². The van der Waals surface area contributed by atoms with Crippen LogP contribution in [-0.4, -0.2) is 5.97 Å². The molecule has 0 atom stereocenters. The van der Waals surface area contributed by atoms with Gasteiger partial charge in [0.25, 0.3) is 0 Å². The summed E-state index contributed by atoms with van der Waals surface area (Å²) < 4.78 is 0. The molecular formula is C13H12Cl2N2O2. The van der Waals surface area contributed by atoms with Crippen LogP contribution in [0, 0.1) is 0 Å². The molecule has 0 bridgehead atoms. The van der Waals surface area contributed by atoms with Gasteiger partial charge in [0.15, 0.2) is 0 Å². The Morgan fingerprint density at radius 3 is 2.21 bits per heavy atom. The summed E-state index contributed by atoms with van der Waals surface area (Å²) in [6.07, 6.45) is 0. The van der Waals surface area contributed by atoms with Crippen molar-refractivity contribution < 1.29 is 9.63 Å². The van der Waals surface area contributed by atoms with E-state index in [0.29, 0.717) is 15.7 Å². The zero-order chi connectivity index (χ0) is 14.3. The topological polar surface area (TPSA) is 78.3 Å². The summed E-state index contributed by atoms with van der Waals surface area (Å²) in [5.41, 5.74) is 6.35. The van der Waals surface area contributed by atoms with E-state index in [1.807, 2.05) is 6.07 Å². The number of nitrogen functional groups attached to an aromatic ring is 1. The highest BCUT2D eigenvalue weighted by molar-refractivity contribution is 6.33. The molecule has 4 nitrogen and oxygen atoms in total. The summed E-state index contributed by atoms with van der Waals surface area (Å²) >= 11 is 11.2. The highest BCUT2D eigenvalue weighted by Crippen LogP contribution is 2.14. The molecule has 6 heteroatoms. The molecule has 2 aromatic carbocycles. The lowest BCUT2D eigenvalue weighted by atomic mass is 10.2. The maximum atomic E-state index is 10.8. The maximum absolute atomic E-state index is 10.8. The van der Waals surface area contributed by atoms with Crippen LogP contribution in [0.3, 0.4) is 0 Å². The van der Waals surface area contributed by atoms with Gasteiger partial charge in [-0.25, -0.2) is 4.79 Å². The normalized spacial score (nSPS) is 9.21. The molecule has 0 spiro atoms. The number of hydrogen-bond donors (Lipinski definition) is 2. The van der Waals surface area contributed by atoms with E-state index in [9.17, 15) is 4.79 Å². The van der Waals surface area contributed by atoms with Crippen LogP contribution in [0.15, 0.2) is 48.5 Å². The monoisotopic (exact) mass is 298 g/mol. The summed E-state index contributed by atoms with van der Waals surface area (Å²) in [4.78, 5) is 14.8. The minimum absolute atomic E-state index is 0.275. The average molecular weight is 299 g/mol. The van der Waals surface area contributed by atoms with E-state index in [1.54, 1.807) is 36.4 Å². The van der Waals surface area contributed by atoms with Gasteiger partial charge >= 0.3 is 5.97 Å². The lowest BCUT2D eigenvalue weighted by Gasteiger charge is -1.98. The maximum Gasteiger partial charge on any atom is 0.358 e. The van der Waals surface area contributed by atoms with Crippen LogP contribution in [-0.2, 0) is 4.84 Å². The molecule has 0 unspecified atom stereocenters. The standard InChI is InChI=1S/C7H6ClNO2.C6H6ClN/c8-6-4-2-1-3-5(6)7(10)11-9;7-5-2-1-3-6(8)4-5/h1-4H,9H2;1-4H,8H2. The summed E-state index contributed by atoms with van der Waals surface area (Å²) in [5, 5.41) is 1.02. The number of halogens is 2. The first-order chi connectivity index (χ1) is 9.04. The highest BCUT2D eigenvalue weighted by Gasteiger charge is 2.08. The van der Waals surface area contributed by atoms with Crippen LogP contribution >= 0.6 is 23.2 Å². The van der Waals surface area contributed by atoms with E-state index in [0.717, 1.165) is 0 Å². The number of carbonyl (C=O) groups is 1. The van der Waals surface area contributed by atoms with Crippen molar-refractivity contribution in [2.75, 3.05) is 5.73 Å². The Balaban J connectivity index is 0.000000200. The van der Waals surface area contributed by atoms with E-state index < -0.39 is 5.97 Å². The van der Waals surface area contributed by atoms with Crippen molar-refractivity contribution in [2.24, 2.45) is 5.90 Å². The number of nitrogens with two attached hydrogens (primary N) is 2. The molecule has 0 aliphatic heterocycles. The molecule has 19 heavy (non-hydrogen) atoms. The van der Waals surface area contributed by atoms with E-state index in [2.05, 4.69) is 10.7 Å². The van der Waals surface area contributed by atoms with Crippen molar-refractivity contribution in [3.63, 3.8) is 0 Å². The van der Waals surface area contributed by atoms with Gasteiger partial charge < -0.3 is 10.6 Å². The van der Waals surface area contributed by atoms with Gasteiger partial charge in [-0.2, -0.15) is 5.90 Å². The quantitative estimate of drug-likeness (QED) is 0.625. The Hall–Kier alpha value is -1.75. The van der Waals surface area contributed by atoms with Gasteiger partial charge in [0, 0.05) is 10.7 Å². The second kappa shape index (κ2) is 7.63. The van der Waals surface area contributed by atoms with Gasteiger partial charge in [-0.1, -0.05) is 41.4 Å². The van der Waals surface area contributed by atoms with Gasteiger partial charge in [0.05, 0.1) is 10.6 Å². The molecule has 0 amide bonds. The Kier molecular flexibility index (Phi) is 6.15. The molecule has 0 radical (unpaired) electrons. The third-order valence-corrected chi connectivity index (χ3v) is 2.61. The van der Waals surface area contributed by atoms with Crippen LogP contribution in [0.25, 0.3) is 0 Å². The summed E-state index contributed by atoms with van der Waals surface area (Å²) in [5.74, 6) is 4.04. The fourth-order valence-corrected chi connectivity index (χ4v) is 1.61. The third-order valence-electron chi connectivity index (χ3n) is 2.05. The van der Waals surface area contributed by atoms with E-state index >= 15 is 0 Å². The summed E-state index contributed by atoms with van der Waals surface area (Å²) in [6, 6.07) is 13.6. The van der Waals surface area contributed by atoms with Gasteiger partial charge in [-0.3, -0.25) is 0 Å². The molecule has 0 saturated heterocycles. The molecule has 0 fully saturated rings. The Morgan fingerprint density at radius 1 is 1.05 bits per heavy atom. The lowest BCUT2D eigenvalue weighted by Crippen LogP contribution is -2.10. The smallest absolute Gasteiger partial charge is 0.358 e. The van der Waals surface area contributed by atoms with Gasteiger partial charge in [-0.05, 0) is 30.3 Å². The lowest BCUT2D eigenvalue weighted by molar-refractivity contribution is 0.0503. The zero-order valence-corrected chi connectivity index (χ0v) is 11.4. The minimum Gasteiger partial charge on any atom is -0.399 e. The molecule has 100 valence electrons. The predicted molar refractivity (Wildman–Crippen MR) is 76.9 cm³/mol. The second-order valence-corrected chi connectivity index (χ2v) is 4.28. The first-order valence-electron chi connectivity index (χ1n) is 5.21. The fraction of sp³-hybridized carbons (Fsp3) is 0. The second-order valence-electron chi connectivity index (χ2n) is 3.44. The number of anilines is 1. The third kappa shape index (κ3) is 5.18. The Morgan fingerprint density at radius 2 is 1.74 bits per heavy atom. The predicted octanol–water partition coefficient (Wildman–Crippen LogP) is 3.29. The first-order valence-corrected chi connectivity index (χ1v) is 5.97. The van der Waals surface area contributed by atoms with Crippen molar-refractivity contribution in [1.29, 1.82) is 0 Å². The van der Waals surface area contributed by atoms with E-state index in [-0.39, 0.29) is 5.56 Å². The molecule has 0 saturated carbocycles. The van der Waals surface area contributed by atoms with Crippen LogP contribution in [0.5, 0.6) is 0 Å². The molecule has 2 aromatic rings. The summed E-state index contributed by atoms with van der Waals surface area (Å²) in [7, 11) is 0. The van der Waals surface area contributed by atoms with Gasteiger partial charge in [0.2, 0.25) is 0 Å². The largest absolute Gasteiger partial charge is 0.399 e. The van der Waals surface area contributed by atoms with Crippen LogP contribution < -0.4 is 11.6 Å². The Bertz CT molecular complexity index is 545. The molecule has 0 aromatic heterocycles. The molecular weight excluding hydrogens is 287 g/mol. The molecule has 4 N–H and O–H groups in total. The fourth-order valence-electron chi connectivity index (χ4n) is 1.20. The number of hydrogen-bond acceptors (Lipinski definition) is 4. The number of rotatable bonds is 1. The Labute approximate surface area is 120 Å². The first kappa shape index (κ1) is 15.3. The van der Waals surface area contributed by atoms with Crippen molar-refractivity contribution in [2.45, 2.75) is 0 Å². The van der Waals surface area contributed by atoms with E-state index in [4.69, 9.17) is 28.9 Å². The van der Waals surface area contributed by atoms with Gasteiger partial charge in [-0.15, -0.1) is 0 Å². The van der Waals surface area contributed by atoms with Crippen molar-refractivity contribution in [1.82, 2.24) is 0 Å². The summed E-state index contributed by atoms with van der Waals surface area (Å²) in [6.45, 7) is 0. The molecule has 0 aliphatic rings. The highest BCUT2D eigenvalue weighted by atomic mass is 35.5. The number of carbonyl (C=O) groups excluding carboxylic acids is 1.